The van der Waals surface area contributed by atoms with Crippen molar-refractivity contribution in [3.63, 3.8) is 0 Å². The first-order chi connectivity index (χ1) is 12.0. The van der Waals surface area contributed by atoms with E-state index in [4.69, 9.17) is 16.0 Å². The molecule has 0 radical (unpaired) electrons. The largest absolute Gasteiger partial charge is 0.456 e. The van der Waals surface area contributed by atoms with Crippen molar-refractivity contribution >= 4 is 51.6 Å². The van der Waals surface area contributed by atoms with Crippen LogP contribution in [0.3, 0.4) is 0 Å². The normalized spacial score (nSPS) is 16.0. The number of carbonyl (C=O) groups is 2. The number of fused-ring (bicyclic) bond motifs is 1. The molecule has 0 spiro atoms. The predicted molar refractivity (Wildman–Crippen MR) is 98.3 cm³/mol. The lowest BCUT2D eigenvalue weighted by Crippen LogP contribution is -2.17. The van der Waals surface area contributed by atoms with Crippen LogP contribution in [0, 0.1) is 6.92 Å². The Kier molecular flexibility index (Phi) is 3.86. The molecule has 1 fully saturated rings. The summed E-state index contributed by atoms with van der Waals surface area (Å²) in [4.78, 5) is 27.5. The first-order valence-corrected chi connectivity index (χ1v) is 8.59. The number of hydrogen-bond acceptors (Lipinski definition) is 5. The first-order valence-electron chi connectivity index (χ1n) is 7.40. The quantitative estimate of drug-likeness (QED) is 0.657. The standard InChI is InChI=1S/C18H11ClN2O3S/c1-9-2-3-11(19)5-13(9)14-8-20-7-10-4-12(24-16(10)14)6-15-17(22)21-18(23)25-15/h2-8H,1H3,(H,21,22,23)/b15-6-. The minimum Gasteiger partial charge on any atom is -0.456 e. The van der Waals surface area contributed by atoms with Gasteiger partial charge in [0, 0.05) is 34.4 Å². The van der Waals surface area contributed by atoms with Crippen molar-refractivity contribution in [2.45, 2.75) is 6.92 Å². The Hall–Kier alpha value is -2.57. The molecule has 0 unspecified atom stereocenters. The van der Waals surface area contributed by atoms with E-state index in [-0.39, 0.29) is 5.24 Å². The molecule has 5 nitrogen and oxygen atoms in total. The number of aromatic nitrogens is 1. The summed E-state index contributed by atoms with van der Waals surface area (Å²) in [5.74, 6) is 0.0655. The lowest BCUT2D eigenvalue weighted by atomic mass is 10.0. The molecule has 1 N–H and O–H groups in total. The highest BCUT2D eigenvalue weighted by Crippen LogP contribution is 2.35. The van der Waals surface area contributed by atoms with Gasteiger partial charge in [-0.2, -0.15) is 0 Å². The second kappa shape index (κ2) is 6.06. The summed E-state index contributed by atoms with van der Waals surface area (Å²) < 4.78 is 5.93. The fourth-order valence-corrected chi connectivity index (χ4v) is 3.51. The summed E-state index contributed by atoms with van der Waals surface area (Å²) >= 11 is 6.98. The van der Waals surface area contributed by atoms with Gasteiger partial charge in [0.2, 0.25) is 0 Å². The molecule has 2 aromatic heterocycles. The van der Waals surface area contributed by atoms with Crippen LogP contribution in [-0.2, 0) is 4.79 Å². The van der Waals surface area contributed by atoms with Crippen LogP contribution in [0.5, 0.6) is 0 Å². The fraction of sp³-hybridized carbons (Fsp3) is 0.0556. The van der Waals surface area contributed by atoms with E-state index in [0.29, 0.717) is 21.3 Å². The van der Waals surface area contributed by atoms with E-state index < -0.39 is 5.91 Å². The molecule has 25 heavy (non-hydrogen) atoms. The smallest absolute Gasteiger partial charge is 0.290 e. The van der Waals surface area contributed by atoms with Gasteiger partial charge in [-0.3, -0.25) is 19.9 Å². The van der Waals surface area contributed by atoms with Crippen molar-refractivity contribution in [1.29, 1.82) is 0 Å². The van der Waals surface area contributed by atoms with Crippen molar-refractivity contribution in [1.82, 2.24) is 10.3 Å². The zero-order valence-corrected chi connectivity index (χ0v) is 14.6. The van der Waals surface area contributed by atoms with Crippen molar-refractivity contribution < 1.29 is 14.0 Å². The van der Waals surface area contributed by atoms with Crippen LogP contribution in [-0.4, -0.2) is 16.1 Å². The third kappa shape index (κ3) is 2.94. The minimum absolute atomic E-state index is 0.303. The van der Waals surface area contributed by atoms with Crippen molar-refractivity contribution in [3.8, 4) is 11.1 Å². The molecule has 0 aliphatic carbocycles. The van der Waals surface area contributed by atoms with Crippen LogP contribution >= 0.6 is 23.4 Å². The Labute approximate surface area is 152 Å². The molecule has 0 atom stereocenters. The molecule has 4 rings (SSSR count). The van der Waals surface area contributed by atoms with Crippen LogP contribution in [0.2, 0.25) is 5.02 Å². The van der Waals surface area contributed by atoms with Gasteiger partial charge in [-0.1, -0.05) is 17.7 Å². The minimum atomic E-state index is -0.417. The molecule has 3 aromatic rings. The number of pyridine rings is 1. The Morgan fingerprint density at radius 3 is 2.80 bits per heavy atom. The molecule has 0 bridgehead atoms. The van der Waals surface area contributed by atoms with Crippen LogP contribution in [0.4, 0.5) is 4.79 Å². The lowest BCUT2D eigenvalue weighted by molar-refractivity contribution is -0.115. The topological polar surface area (TPSA) is 72.2 Å². The second-order valence-electron chi connectivity index (χ2n) is 5.57. The fourth-order valence-electron chi connectivity index (χ4n) is 2.68. The van der Waals surface area contributed by atoms with Gasteiger partial charge in [-0.05, 0) is 48.0 Å². The number of nitrogens with zero attached hydrogens (tertiary/aromatic N) is 1. The van der Waals surface area contributed by atoms with E-state index >= 15 is 0 Å². The number of carbonyl (C=O) groups excluding carboxylic acids is 2. The average Bonchev–Trinajstić information content (AvgIpc) is 3.12. The van der Waals surface area contributed by atoms with Crippen LogP contribution in [0.25, 0.3) is 28.2 Å². The van der Waals surface area contributed by atoms with E-state index in [0.717, 1.165) is 33.8 Å². The molecular formula is C18H11ClN2O3S. The summed E-state index contributed by atoms with van der Waals surface area (Å²) in [7, 11) is 0. The van der Waals surface area contributed by atoms with E-state index in [1.165, 1.54) is 0 Å². The Bertz CT molecular complexity index is 1070. The molecule has 0 saturated carbocycles. The highest BCUT2D eigenvalue weighted by atomic mass is 35.5. The van der Waals surface area contributed by atoms with Gasteiger partial charge in [0.15, 0.2) is 0 Å². The van der Waals surface area contributed by atoms with Crippen molar-refractivity contribution in [3.05, 3.63) is 57.9 Å². The molecule has 124 valence electrons. The Balaban J connectivity index is 1.85. The number of aryl methyl sites for hydroxylation is 1. The summed E-state index contributed by atoms with van der Waals surface area (Å²) in [6.45, 7) is 1.99. The average molecular weight is 371 g/mol. The second-order valence-corrected chi connectivity index (χ2v) is 7.02. The van der Waals surface area contributed by atoms with Gasteiger partial charge in [0.1, 0.15) is 11.3 Å². The molecule has 3 heterocycles. The van der Waals surface area contributed by atoms with Crippen molar-refractivity contribution in [2.24, 2.45) is 0 Å². The van der Waals surface area contributed by atoms with Gasteiger partial charge >= 0.3 is 0 Å². The summed E-state index contributed by atoms with van der Waals surface area (Å²) in [5, 5.41) is 3.27. The third-order valence-corrected chi connectivity index (χ3v) is 4.89. The van der Waals surface area contributed by atoms with Crippen LogP contribution in [0.15, 0.2) is 46.0 Å². The third-order valence-electron chi connectivity index (χ3n) is 3.85. The number of thioether (sulfide) groups is 1. The predicted octanol–water partition coefficient (Wildman–Crippen LogP) is 4.78. The number of hydrogen-bond donors (Lipinski definition) is 1. The molecule has 1 saturated heterocycles. The summed E-state index contributed by atoms with van der Waals surface area (Å²) in [6, 6.07) is 7.43. The van der Waals surface area contributed by atoms with E-state index in [1.807, 2.05) is 25.1 Å². The van der Waals surface area contributed by atoms with Crippen LogP contribution < -0.4 is 5.32 Å². The molecule has 1 aliphatic rings. The van der Waals surface area contributed by atoms with Gasteiger partial charge in [0.05, 0.1) is 4.91 Å². The summed E-state index contributed by atoms with van der Waals surface area (Å²) in [5.41, 5.74) is 3.46. The maximum absolute atomic E-state index is 11.7. The number of halogens is 1. The Morgan fingerprint density at radius 2 is 2.04 bits per heavy atom. The monoisotopic (exact) mass is 370 g/mol. The van der Waals surface area contributed by atoms with E-state index in [2.05, 4.69) is 10.3 Å². The molecule has 2 amide bonds. The maximum Gasteiger partial charge on any atom is 0.290 e. The van der Waals surface area contributed by atoms with Gasteiger partial charge in [0.25, 0.3) is 11.1 Å². The summed E-state index contributed by atoms with van der Waals surface area (Å²) in [6.07, 6.45) is 4.97. The number of nitrogens with one attached hydrogen (secondary N) is 1. The molecule has 1 aromatic carbocycles. The SMILES string of the molecule is Cc1ccc(Cl)cc1-c1cncc2cc(/C=C3\SC(=O)NC3=O)oc12. The number of rotatable bonds is 2. The van der Waals surface area contributed by atoms with Crippen LogP contribution in [0.1, 0.15) is 11.3 Å². The number of benzene rings is 1. The highest BCUT2D eigenvalue weighted by Gasteiger charge is 2.25. The Morgan fingerprint density at radius 1 is 1.20 bits per heavy atom. The maximum atomic E-state index is 11.7. The molecule has 1 aliphatic heterocycles. The van der Waals surface area contributed by atoms with E-state index in [9.17, 15) is 9.59 Å². The number of amides is 2. The number of imide groups is 1. The van der Waals surface area contributed by atoms with E-state index in [1.54, 1.807) is 24.5 Å². The molecular weight excluding hydrogens is 360 g/mol. The van der Waals surface area contributed by atoms with Gasteiger partial charge in [-0.15, -0.1) is 0 Å². The van der Waals surface area contributed by atoms with Gasteiger partial charge < -0.3 is 4.42 Å². The van der Waals surface area contributed by atoms with Gasteiger partial charge in [-0.25, -0.2) is 0 Å². The number of furan rings is 1. The van der Waals surface area contributed by atoms with Crippen molar-refractivity contribution in [2.75, 3.05) is 0 Å². The first kappa shape index (κ1) is 15.9. The lowest BCUT2D eigenvalue weighted by Gasteiger charge is -2.06. The molecule has 7 heteroatoms. The zero-order valence-electron chi connectivity index (χ0n) is 13.0. The zero-order chi connectivity index (χ0) is 17.6. The highest BCUT2D eigenvalue weighted by molar-refractivity contribution is 8.18.